The first-order chi connectivity index (χ1) is 12.3. The van der Waals surface area contributed by atoms with E-state index in [0.717, 1.165) is 29.6 Å². The molecule has 0 radical (unpaired) electrons. The fourth-order valence-corrected chi connectivity index (χ4v) is 3.86. The summed E-state index contributed by atoms with van der Waals surface area (Å²) in [5, 5.41) is 12.6. The third-order valence-corrected chi connectivity index (χ3v) is 5.19. The van der Waals surface area contributed by atoms with Crippen LogP contribution in [0.2, 0.25) is 5.02 Å². The van der Waals surface area contributed by atoms with Crippen LogP contribution in [0, 0.1) is 0 Å². The van der Waals surface area contributed by atoms with Gasteiger partial charge in [-0.25, -0.2) is 0 Å². The van der Waals surface area contributed by atoms with E-state index in [4.69, 9.17) is 16.3 Å². The predicted octanol–water partition coefficient (Wildman–Crippen LogP) is 2.60. The number of aromatic hydroxyl groups is 1. The molecule has 0 amide bonds. The van der Waals surface area contributed by atoms with Crippen molar-refractivity contribution in [1.82, 2.24) is 4.98 Å². The van der Waals surface area contributed by atoms with Crippen LogP contribution in [0.1, 0.15) is 17.2 Å². The molecule has 5 heteroatoms. The molecule has 25 heavy (non-hydrogen) atoms. The summed E-state index contributed by atoms with van der Waals surface area (Å²) in [5.74, 6) is 0.238. The lowest BCUT2D eigenvalue weighted by Gasteiger charge is -2.32. The standard InChI is InChI=1S/C20H19ClN2O2/c21-17-6-2-1-5-15(17)19(23-10-12-25-13-11-23)16-8-7-14-4-3-9-22-18(14)20(16)24/h1-9,19,24H,10-13H2/p+1/t19-/m0/s1. The van der Waals surface area contributed by atoms with E-state index in [1.54, 1.807) is 6.20 Å². The van der Waals surface area contributed by atoms with E-state index in [1.807, 2.05) is 48.5 Å². The van der Waals surface area contributed by atoms with Crippen LogP contribution in [0.25, 0.3) is 10.9 Å². The number of hydrogen-bond donors (Lipinski definition) is 2. The number of nitrogens with zero attached hydrogens (tertiary/aromatic N) is 1. The topological polar surface area (TPSA) is 46.8 Å². The van der Waals surface area contributed by atoms with Crippen LogP contribution in [-0.4, -0.2) is 36.4 Å². The summed E-state index contributed by atoms with van der Waals surface area (Å²) in [4.78, 5) is 5.71. The fourth-order valence-electron chi connectivity index (χ4n) is 3.62. The Bertz CT molecular complexity index is 894. The Morgan fingerprint density at radius 1 is 1.00 bits per heavy atom. The van der Waals surface area contributed by atoms with Crippen molar-refractivity contribution < 1.29 is 14.7 Å². The van der Waals surface area contributed by atoms with Gasteiger partial charge in [0.05, 0.1) is 23.8 Å². The van der Waals surface area contributed by atoms with Crippen molar-refractivity contribution in [2.24, 2.45) is 0 Å². The van der Waals surface area contributed by atoms with E-state index >= 15 is 0 Å². The Hall–Kier alpha value is -2.14. The molecule has 0 spiro atoms. The molecule has 1 aromatic heterocycles. The third kappa shape index (κ3) is 3.09. The zero-order chi connectivity index (χ0) is 17.2. The van der Waals surface area contributed by atoms with Crippen LogP contribution >= 0.6 is 11.6 Å². The Morgan fingerprint density at radius 2 is 1.80 bits per heavy atom. The number of pyridine rings is 1. The van der Waals surface area contributed by atoms with Crippen LogP contribution in [-0.2, 0) is 4.74 Å². The molecule has 1 saturated heterocycles. The van der Waals surface area contributed by atoms with Crippen molar-refractivity contribution in [1.29, 1.82) is 0 Å². The number of benzene rings is 2. The van der Waals surface area contributed by atoms with E-state index < -0.39 is 0 Å². The average Bonchev–Trinajstić information content (AvgIpc) is 2.66. The maximum Gasteiger partial charge on any atom is 0.151 e. The van der Waals surface area contributed by atoms with Crippen LogP contribution in [0.4, 0.5) is 0 Å². The van der Waals surface area contributed by atoms with Gasteiger partial charge in [-0.3, -0.25) is 4.98 Å². The van der Waals surface area contributed by atoms with Gasteiger partial charge in [0.15, 0.2) is 5.75 Å². The van der Waals surface area contributed by atoms with Crippen LogP contribution < -0.4 is 4.90 Å². The van der Waals surface area contributed by atoms with Gasteiger partial charge in [0.25, 0.3) is 0 Å². The largest absolute Gasteiger partial charge is 0.505 e. The molecule has 2 aromatic carbocycles. The predicted molar refractivity (Wildman–Crippen MR) is 98.2 cm³/mol. The second-order valence-electron chi connectivity index (χ2n) is 6.30. The highest BCUT2D eigenvalue weighted by molar-refractivity contribution is 6.31. The van der Waals surface area contributed by atoms with Gasteiger partial charge in [0.1, 0.15) is 24.6 Å². The number of halogens is 1. The minimum atomic E-state index is -0.0518. The molecule has 1 aliphatic heterocycles. The van der Waals surface area contributed by atoms with Gasteiger partial charge in [0, 0.05) is 17.1 Å². The molecule has 0 aliphatic carbocycles. The number of fused-ring (bicyclic) bond motifs is 1. The Balaban J connectivity index is 1.89. The Kier molecular flexibility index (Phi) is 4.57. The average molecular weight is 356 g/mol. The summed E-state index contributed by atoms with van der Waals surface area (Å²) in [5.41, 5.74) is 2.51. The molecule has 1 aliphatic rings. The van der Waals surface area contributed by atoms with Crippen LogP contribution in [0.5, 0.6) is 5.75 Å². The molecule has 4 rings (SSSR count). The number of aromatic nitrogens is 1. The van der Waals surface area contributed by atoms with Gasteiger partial charge in [-0.15, -0.1) is 0 Å². The summed E-state index contributed by atoms with van der Waals surface area (Å²) in [7, 11) is 0. The van der Waals surface area contributed by atoms with Crippen molar-refractivity contribution in [3.63, 3.8) is 0 Å². The fraction of sp³-hybridized carbons (Fsp3) is 0.250. The lowest BCUT2D eigenvalue weighted by molar-refractivity contribution is -0.933. The summed E-state index contributed by atoms with van der Waals surface area (Å²) < 4.78 is 5.52. The molecule has 2 heterocycles. The second-order valence-corrected chi connectivity index (χ2v) is 6.71. The van der Waals surface area contributed by atoms with E-state index in [2.05, 4.69) is 4.98 Å². The van der Waals surface area contributed by atoms with E-state index in [9.17, 15) is 5.11 Å². The maximum atomic E-state index is 11.0. The van der Waals surface area contributed by atoms with Crippen molar-refractivity contribution in [2.75, 3.05) is 26.3 Å². The molecule has 1 fully saturated rings. The molecule has 0 saturated carbocycles. The number of phenolic OH excluding ortho intramolecular Hbond substituents is 1. The molecule has 0 bridgehead atoms. The zero-order valence-electron chi connectivity index (χ0n) is 13.8. The number of phenols is 1. The van der Waals surface area contributed by atoms with Crippen molar-refractivity contribution in [2.45, 2.75) is 6.04 Å². The number of morpholine rings is 1. The monoisotopic (exact) mass is 355 g/mol. The summed E-state index contributed by atoms with van der Waals surface area (Å²) in [6, 6.07) is 15.7. The Labute approximate surface area is 151 Å². The van der Waals surface area contributed by atoms with Crippen LogP contribution in [0.15, 0.2) is 54.7 Å². The third-order valence-electron chi connectivity index (χ3n) is 4.85. The summed E-state index contributed by atoms with van der Waals surface area (Å²) in [6.45, 7) is 3.16. The van der Waals surface area contributed by atoms with Crippen molar-refractivity contribution in [3.05, 3.63) is 70.9 Å². The molecule has 4 nitrogen and oxygen atoms in total. The maximum absolute atomic E-state index is 11.0. The van der Waals surface area contributed by atoms with Crippen molar-refractivity contribution >= 4 is 22.5 Å². The highest BCUT2D eigenvalue weighted by Crippen LogP contribution is 2.35. The highest BCUT2D eigenvalue weighted by atomic mass is 35.5. The minimum Gasteiger partial charge on any atom is -0.505 e. The number of nitrogens with one attached hydrogen (secondary N) is 1. The zero-order valence-corrected chi connectivity index (χ0v) is 14.5. The number of hydrogen-bond acceptors (Lipinski definition) is 3. The van der Waals surface area contributed by atoms with E-state index in [0.29, 0.717) is 23.8 Å². The molecule has 0 unspecified atom stereocenters. The van der Waals surface area contributed by atoms with Gasteiger partial charge in [0.2, 0.25) is 0 Å². The lowest BCUT2D eigenvalue weighted by Crippen LogP contribution is -3.14. The molecular formula is C20H20ClN2O2+. The first-order valence-corrected chi connectivity index (χ1v) is 8.87. The van der Waals surface area contributed by atoms with Gasteiger partial charge >= 0.3 is 0 Å². The number of ether oxygens (including phenoxy) is 1. The van der Waals surface area contributed by atoms with Gasteiger partial charge in [-0.2, -0.15) is 0 Å². The quantitative estimate of drug-likeness (QED) is 0.759. The molecule has 3 aromatic rings. The lowest BCUT2D eigenvalue weighted by atomic mass is 9.94. The van der Waals surface area contributed by atoms with Crippen molar-refractivity contribution in [3.8, 4) is 5.75 Å². The number of quaternary nitrogens is 1. The van der Waals surface area contributed by atoms with Gasteiger partial charge in [-0.1, -0.05) is 41.9 Å². The molecule has 1 atom stereocenters. The van der Waals surface area contributed by atoms with E-state index in [-0.39, 0.29) is 11.8 Å². The highest BCUT2D eigenvalue weighted by Gasteiger charge is 2.32. The minimum absolute atomic E-state index is 0.0518. The normalized spacial score (nSPS) is 16.8. The SMILES string of the molecule is Oc1c([C@H](c2ccccc2Cl)[NH+]2CCOCC2)ccc2cccnc12. The first kappa shape index (κ1) is 16.3. The van der Waals surface area contributed by atoms with Gasteiger partial charge < -0.3 is 14.7 Å². The molecular weight excluding hydrogens is 336 g/mol. The summed E-state index contributed by atoms with van der Waals surface area (Å²) in [6.07, 6.45) is 1.71. The van der Waals surface area contributed by atoms with Gasteiger partial charge in [-0.05, 0) is 18.2 Å². The molecule has 2 N–H and O–H groups in total. The van der Waals surface area contributed by atoms with E-state index in [1.165, 1.54) is 4.90 Å². The smallest absolute Gasteiger partial charge is 0.151 e. The molecule has 128 valence electrons. The summed E-state index contributed by atoms with van der Waals surface area (Å²) >= 11 is 6.52. The first-order valence-electron chi connectivity index (χ1n) is 8.49. The second kappa shape index (κ2) is 7.00. The number of rotatable bonds is 3. The van der Waals surface area contributed by atoms with Crippen LogP contribution in [0.3, 0.4) is 0 Å². The Morgan fingerprint density at radius 3 is 2.60 bits per heavy atom.